The summed E-state index contributed by atoms with van der Waals surface area (Å²) in [6.07, 6.45) is 10.7. The Kier molecular flexibility index (Phi) is 11.1. The predicted molar refractivity (Wildman–Crippen MR) is 174 cm³/mol. The van der Waals surface area contributed by atoms with Crippen molar-refractivity contribution in [3.05, 3.63) is 59.5 Å². The van der Waals surface area contributed by atoms with Gasteiger partial charge in [-0.3, -0.25) is 13.8 Å². The molecule has 2 N–H and O–H groups in total. The van der Waals surface area contributed by atoms with Crippen molar-refractivity contribution in [2.24, 2.45) is 10.9 Å². The van der Waals surface area contributed by atoms with E-state index >= 15 is 0 Å². The van der Waals surface area contributed by atoms with E-state index in [1.54, 1.807) is 31.1 Å². The second-order valence-corrected chi connectivity index (χ2v) is 12.7. The average molecular weight is 683 g/mol. The molecule has 16 nitrogen and oxygen atoms in total. The Morgan fingerprint density at radius 1 is 1.10 bits per heavy atom. The Morgan fingerprint density at radius 2 is 1.96 bits per heavy atom. The van der Waals surface area contributed by atoms with Crippen LogP contribution in [0.2, 0.25) is 0 Å². The highest BCUT2D eigenvalue weighted by atomic mass is 31.2. The lowest BCUT2D eigenvalue weighted by molar-refractivity contribution is -0.174. The first-order valence-electron chi connectivity index (χ1n) is 15.7. The highest BCUT2D eigenvalue weighted by Crippen LogP contribution is 2.41. The molecule has 2 fully saturated rings. The lowest BCUT2D eigenvalue weighted by Gasteiger charge is -2.25. The monoisotopic (exact) mass is 682 g/mol. The Morgan fingerprint density at radius 3 is 2.77 bits per heavy atom. The van der Waals surface area contributed by atoms with Crippen LogP contribution in [0.3, 0.4) is 0 Å². The molecule has 4 aromatic heterocycles. The van der Waals surface area contributed by atoms with Gasteiger partial charge in [-0.2, -0.15) is 5.26 Å². The molecule has 256 valence electrons. The molecule has 6 heterocycles. The number of nitriles is 1. The molecule has 2 aliphatic rings. The van der Waals surface area contributed by atoms with Gasteiger partial charge in [-0.25, -0.2) is 15.0 Å². The summed E-state index contributed by atoms with van der Waals surface area (Å²) in [5.41, 5.74) is 1.33. The number of hydrogen-bond donors (Lipinski definition) is 2. The summed E-state index contributed by atoms with van der Waals surface area (Å²) in [5, 5.41) is 10.0. The SMILES string of the molecule is CN(C)C=Nc1ccnc2c1ccn2[C@H]1C[C@H](CC(OCCC#N)OC[C@@H]2CC[C@H](n3ccc(=O)n4ccnc34)O2)[C@@H](COP(O)O)O1. The molecular weight excluding hydrogens is 643 g/mol. The highest BCUT2D eigenvalue weighted by Gasteiger charge is 2.39. The molecule has 0 saturated carbocycles. The molecule has 17 heteroatoms. The van der Waals surface area contributed by atoms with Crippen LogP contribution >= 0.6 is 8.60 Å². The Labute approximate surface area is 277 Å². The van der Waals surface area contributed by atoms with Gasteiger partial charge in [-0.05, 0) is 37.3 Å². The fraction of sp³-hybridized carbons (Fsp3) is 0.516. The Bertz CT molecular complexity index is 1800. The summed E-state index contributed by atoms with van der Waals surface area (Å²) < 4.78 is 35.5. The molecule has 0 aromatic carbocycles. The molecule has 0 aliphatic carbocycles. The van der Waals surface area contributed by atoms with Gasteiger partial charge in [0.2, 0.25) is 5.78 Å². The topological polar surface area (TPSA) is 183 Å². The Hall–Kier alpha value is -3.78. The van der Waals surface area contributed by atoms with Crippen LogP contribution in [0.25, 0.3) is 16.8 Å². The number of aromatic nitrogens is 5. The third kappa shape index (κ3) is 7.91. The van der Waals surface area contributed by atoms with Crippen molar-refractivity contribution in [2.45, 2.75) is 63.1 Å². The maximum Gasteiger partial charge on any atom is 0.327 e. The van der Waals surface area contributed by atoms with Crippen LogP contribution in [0, 0.1) is 17.2 Å². The van der Waals surface area contributed by atoms with Crippen molar-refractivity contribution in [1.29, 1.82) is 5.26 Å². The summed E-state index contributed by atoms with van der Waals surface area (Å²) >= 11 is 0. The van der Waals surface area contributed by atoms with Gasteiger partial charge in [0.25, 0.3) is 5.56 Å². The van der Waals surface area contributed by atoms with Gasteiger partial charge in [0, 0.05) is 63.0 Å². The minimum Gasteiger partial charge on any atom is -0.369 e. The van der Waals surface area contributed by atoms with E-state index in [4.69, 9.17) is 28.7 Å². The summed E-state index contributed by atoms with van der Waals surface area (Å²) in [7, 11) is 1.23. The summed E-state index contributed by atoms with van der Waals surface area (Å²) in [5.74, 6) is 0.352. The molecule has 48 heavy (non-hydrogen) atoms. The summed E-state index contributed by atoms with van der Waals surface area (Å²) in [4.78, 5) is 46.5. The van der Waals surface area contributed by atoms with Crippen molar-refractivity contribution in [3.8, 4) is 6.07 Å². The second kappa shape index (κ2) is 15.6. The number of ether oxygens (including phenoxy) is 4. The van der Waals surface area contributed by atoms with Gasteiger partial charge in [0.1, 0.15) is 18.1 Å². The quantitative estimate of drug-likeness (QED) is 0.0615. The predicted octanol–water partition coefficient (Wildman–Crippen LogP) is 3.24. The van der Waals surface area contributed by atoms with Gasteiger partial charge in [-0.15, -0.1) is 0 Å². The number of rotatable bonds is 15. The maximum absolute atomic E-state index is 12.2. The standard InChI is InChI=1S/C31H39N8O8P/c1-36(2)20-35-24-6-10-33-30-23(24)7-12-38(30)28-16-21(25(47-28)19-45-48(41)42)17-29(43-15-3-9-32)44-18-22-4-5-27(46-22)39-13-8-26(40)37-14-11-34-31(37)39/h6-8,10-14,20-22,25,27-29,41-42H,3-5,15-19H2,1-2H3/t21-,22+,25-,27-,28-,29?/m1/s1. The van der Waals surface area contributed by atoms with E-state index in [1.165, 1.54) is 10.5 Å². The highest BCUT2D eigenvalue weighted by molar-refractivity contribution is 7.39. The van der Waals surface area contributed by atoms with E-state index < -0.39 is 27.2 Å². The number of aliphatic imine (C=N–C) groups is 1. The minimum absolute atomic E-state index is 0.0369. The molecule has 1 unspecified atom stereocenters. The van der Waals surface area contributed by atoms with Gasteiger partial charge in [0.05, 0.1) is 56.5 Å². The van der Waals surface area contributed by atoms with Gasteiger partial charge < -0.3 is 42.7 Å². The van der Waals surface area contributed by atoms with E-state index in [0.29, 0.717) is 30.7 Å². The van der Waals surface area contributed by atoms with Crippen molar-refractivity contribution in [1.82, 2.24) is 28.4 Å². The molecule has 0 amide bonds. The molecule has 4 aromatic rings. The van der Waals surface area contributed by atoms with Crippen molar-refractivity contribution >= 4 is 37.4 Å². The zero-order valence-corrected chi connectivity index (χ0v) is 27.6. The van der Waals surface area contributed by atoms with Crippen molar-refractivity contribution in [3.63, 3.8) is 0 Å². The van der Waals surface area contributed by atoms with Gasteiger partial charge in [-0.1, -0.05) is 0 Å². The fourth-order valence-electron chi connectivity index (χ4n) is 6.16. The van der Waals surface area contributed by atoms with E-state index in [1.807, 2.05) is 46.5 Å². The lowest BCUT2D eigenvalue weighted by atomic mass is 9.97. The van der Waals surface area contributed by atoms with Crippen LogP contribution in [-0.2, 0) is 23.5 Å². The number of pyridine rings is 1. The molecule has 2 aliphatic heterocycles. The zero-order chi connectivity index (χ0) is 33.6. The van der Waals surface area contributed by atoms with Crippen molar-refractivity contribution in [2.75, 3.05) is 33.9 Å². The molecular formula is C31H39N8O8P. The molecule has 2 saturated heterocycles. The number of hydrogen-bond acceptors (Lipinski definition) is 12. The third-order valence-corrected chi connectivity index (χ3v) is 8.77. The van der Waals surface area contributed by atoms with E-state index in [0.717, 1.165) is 17.5 Å². The van der Waals surface area contributed by atoms with Gasteiger partial charge in [0.15, 0.2) is 6.29 Å². The lowest BCUT2D eigenvalue weighted by Crippen LogP contribution is -2.30. The fourth-order valence-corrected chi connectivity index (χ4v) is 6.44. The Balaban J connectivity index is 1.14. The van der Waals surface area contributed by atoms with Crippen LogP contribution in [0.4, 0.5) is 5.69 Å². The summed E-state index contributed by atoms with van der Waals surface area (Å²) in [6.45, 7) is 0.395. The van der Waals surface area contributed by atoms with E-state index in [-0.39, 0.29) is 50.1 Å². The number of fused-ring (bicyclic) bond motifs is 2. The second-order valence-electron chi connectivity index (χ2n) is 11.9. The summed E-state index contributed by atoms with van der Waals surface area (Å²) in [6, 6.07) is 7.38. The molecule has 0 radical (unpaired) electrons. The van der Waals surface area contributed by atoms with Crippen molar-refractivity contribution < 1.29 is 33.3 Å². The van der Waals surface area contributed by atoms with Crippen LogP contribution < -0.4 is 5.56 Å². The van der Waals surface area contributed by atoms with Crippen LogP contribution in [0.15, 0.2) is 59.0 Å². The number of imidazole rings is 1. The minimum atomic E-state index is -2.58. The smallest absolute Gasteiger partial charge is 0.327 e. The van der Waals surface area contributed by atoms with Crippen LogP contribution in [-0.4, -0.2) is 96.9 Å². The third-order valence-electron chi connectivity index (χ3n) is 8.39. The van der Waals surface area contributed by atoms with E-state index in [2.05, 4.69) is 21.0 Å². The largest absolute Gasteiger partial charge is 0.369 e. The first-order chi connectivity index (χ1) is 23.3. The molecule has 0 spiro atoms. The zero-order valence-electron chi connectivity index (χ0n) is 26.7. The first-order valence-corrected chi connectivity index (χ1v) is 16.9. The molecule has 6 atom stereocenters. The van der Waals surface area contributed by atoms with E-state index in [9.17, 15) is 14.6 Å². The normalized spacial score (nSPS) is 23.5. The maximum atomic E-state index is 12.2. The van der Waals surface area contributed by atoms with Crippen LogP contribution in [0.1, 0.15) is 44.6 Å². The van der Waals surface area contributed by atoms with Gasteiger partial charge >= 0.3 is 8.60 Å². The number of nitrogens with zero attached hydrogens (tertiary/aromatic N) is 8. The average Bonchev–Trinajstić information content (AvgIpc) is 3.88. The molecule has 6 rings (SSSR count). The van der Waals surface area contributed by atoms with Crippen LogP contribution in [0.5, 0.6) is 0 Å². The first kappa shape index (κ1) is 34.1. The molecule has 0 bridgehead atoms.